The zero-order valence-electron chi connectivity index (χ0n) is 12.8. The predicted molar refractivity (Wildman–Crippen MR) is 81.2 cm³/mol. The third-order valence-corrected chi connectivity index (χ3v) is 3.81. The van der Waals surface area contributed by atoms with Crippen molar-refractivity contribution in [1.82, 2.24) is 30.4 Å². The van der Waals surface area contributed by atoms with Crippen molar-refractivity contribution >= 4 is 11.8 Å². The van der Waals surface area contributed by atoms with Crippen LogP contribution in [0.2, 0.25) is 0 Å². The highest BCUT2D eigenvalue weighted by molar-refractivity contribution is 5.92. The molecule has 2 N–H and O–H groups in total. The van der Waals surface area contributed by atoms with Gasteiger partial charge in [0.25, 0.3) is 5.91 Å². The molecule has 1 atom stereocenters. The van der Waals surface area contributed by atoms with E-state index in [1.165, 1.54) is 6.92 Å². The first-order chi connectivity index (χ1) is 11.1. The monoisotopic (exact) mass is 314 g/mol. The number of carbonyl (C=O) groups is 2. The van der Waals surface area contributed by atoms with Gasteiger partial charge in [-0.1, -0.05) is 0 Å². The van der Waals surface area contributed by atoms with E-state index in [9.17, 15) is 9.59 Å². The molecule has 23 heavy (non-hydrogen) atoms. The van der Waals surface area contributed by atoms with Crippen LogP contribution in [0.3, 0.4) is 0 Å². The van der Waals surface area contributed by atoms with Crippen LogP contribution in [0.4, 0.5) is 0 Å². The van der Waals surface area contributed by atoms with E-state index in [0.717, 1.165) is 18.5 Å². The van der Waals surface area contributed by atoms with E-state index in [1.54, 1.807) is 29.6 Å². The summed E-state index contributed by atoms with van der Waals surface area (Å²) in [5.41, 5.74) is 1.90. The molecule has 2 aromatic heterocycles. The number of H-pyrrole nitrogens is 1. The Labute approximate surface area is 133 Å². The molecule has 1 aliphatic rings. The fraction of sp³-hybridized carbons (Fsp3) is 0.400. The molecule has 2 aromatic rings. The standard InChI is InChI=1S/C15H18N6O2/c1-10(22)17-8-11-7-16-9-13(19-11)14-3-2-6-21(14)15(23)12-4-5-18-20-12/h4-5,7,9,14H,2-3,6,8H2,1H3,(H,17,22)(H,18,20)/t14-/m0/s1. The van der Waals surface area contributed by atoms with Crippen LogP contribution in [-0.2, 0) is 11.3 Å². The smallest absolute Gasteiger partial charge is 0.272 e. The van der Waals surface area contributed by atoms with Gasteiger partial charge in [-0.05, 0) is 18.9 Å². The first kappa shape index (κ1) is 15.1. The van der Waals surface area contributed by atoms with Crippen LogP contribution in [-0.4, -0.2) is 43.4 Å². The lowest BCUT2D eigenvalue weighted by atomic mass is 10.1. The van der Waals surface area contributed by atoms with Crippen LogP contribution >= 0.6 is 0 Å². The van der Waals surface area contributed by atoms with Gasteiger partial charge in [-0.15, -0.1) is 0 Å². The van der Waals surface area contributed by atoms with Crippen LogP contribution in [0.15, 0.2) is 24.7 Å². The van der Waals surface area contributed by atoms with Crippen molar-refractivity contribution in [2.75, 3.05) is 6.54 Å². The molecule has 2 amide bonds. The zero-order chi connectivity index (χ0) is 16.2. The number of nitrogens with one attached hydrogen (secondary N) is 2. The Morgan fingerprint density at radius 3 is 3.04 bits per heavy atom. The number of aromatic nitrogens is 4. The highest BCUT2D eigenvalue weighted by Crippen LogP contribution is 2.31. The van der Waals surface area contributed by atoms with E-state index in [0.29, 0.717) is 24.5 Å². The maximum atomic E-state index is 12.5. The van der Waals surface area contributed by atoms with E-state index in [1.807, 2.05) is 0 Å². The number of carbonyl (C=O) groups excluding carboxylic acids is 2. The van der Waals surface area contributed by atoms with Gasteiger partial charge in [-0.3, -0.25) is 24.7 Å². The Morgan fingerprint density at radius 1 is 1.43 bits per heavy atom. The molecule has 0 spiro atoms. The molecule has 0 aromatic carbocycles. The molecule has 0 saturated carbocycles. The minimum atomic E-state index is -0.117. The molecule has 3 rings (SSSR count). The van der Waals surface area contributed by atoms with Gasteiger partial charge in [0.1, 0.15) is 5.69 Å². The Hall–Kier alpha value is -2.77. The Morgan fingerprint density at radius 2 is 2.30 bits per heavy atom. The van der Waals surface area contributed by atoms with Crippen molar-refractivity contribution < 1.29 is 9.59 Å². The number of aromatic amines is 1. The molecule has 120 valence electrons. The summed E-state index contributed by atoms with van der Waals surface area (Å²) in [6.07, 6.45) is 6.63. The summed E-state index contributed by atoms with van der Waals surface area (Å²) >= 11 is 0. The maximum absolute atomic E-state index is 12.5. The minimum absolute atomic E-state index is 0.0842. The third-order valence-electron chi connectivity index (χ3n) is 3.81. The Balaban J connectivity index is 1.78. The van der Waals surface area contributed by atoms with E-state index in [4.69, 9.17) is 0 Å². The van der Waals surface area contributed by atoms with Crippen LogP contribution in [0.1, 0.15) is 47.7 Å². The average molecular weight is 314 g/mol. The fourth-order valence-corrected chi connectivity index (χ4v) is 2.73. The summed E-state index contributed by atoms with van der Waals surface area (Å²) in [6.45, 7) is 2.47. The molecular formula is C15H18N6O2. The normalized spacial score (nSPS) is 17.3. The second-order valence-corrected chi connectivity index (χ2v) is 5.47. The van der Waals surface area contributed by atoms with Crippen LogP contribution in [0, 0.1) is 0 Å². The van der Waals surface area contributed by atoms with Crippen molar-refractivity contribution in [3.05, 3.63) is 41.7 Å². The molecular weight excluding hydrogens is 296 g/mol. The minimum Gasteiger partial charge on any atom is -0.351 e. The van der Waals surface area contributed by atoms with Gasteiger partial charge in [0.15, 0.2) is 0 Å². The van der Waals surface area contributed by atoms with Gasteiger partial charge in [0.05, 0.1) is 36.4 Å². The van der Waals surface area contributed by atoms with E-state index >= 15 is 0 Å². The fourth-order valence-electron chi connectivity index (χ4n) is 2.73. The van der Waals surface area contributed by atoms with Crippen molar-refractivity contribution in [2.24, 2.45) is 0 Å². The van der Waals surface area contributed by atoms with E-state index < -0.39 is 0 Å². The van der Waals surface area contributed by atoms with Gasteiger partial charge in [-0.25, -0.2) is 0 Å². The van der Waals surface area contributed by atoms with Gasteiger partial charge in [-0.2, -0.15) is 5.10 Å². The van der Waals surface area contributed by atoms with Crippen LogP contribution < -0.4 is 5.32 Å². The number of likely N-dealkylation sites (tertiary alicyclic amines) is 1. The molecule has 3 heterocycles. The van der Waals surface area contributed by atoms with Gasteiger partial charge in [0, 0.05) is 19.7 Å². The molecule has 0 aliphatic carbocycles. The van der Waals surface area contributed by atoms with Gasteiger partial charge >= 0.3 is 0 Å². The maximum Gasteiger partial charge on any atom is 0.272 e. The number of amides is 2. The zero-order valence-corrected chi connectivity index (χ0v) is 12.8. The number of rotatable bonds is 4. The van der Waals surface area contributed by atoms with Gasteiger partial charge < -0.3 is 10.2 Å². The number of hydrogen-bond acceptors (Lipinski definition) is 5. The van der Waals surface area contributed by atoms with E-state index in [2.05, 4.69) is 25.5 Å². The summed E-state index contributed by atoms with van der Waals surface area (Å²) in [5.74, 6) is -0.201. The molecule has 0 bridgehead atoms. The summed E-state index contributed by atoms with van der Waals surface area (Å²) in [4.78, 5) is 34.1. The van der Waals surface area contributed by atoms with Crippen molar-refractivity contribution in [1.29, 1.82) is 0 Å². The molecule has 1 fully saturated rings. The molecule has 8 heteroatoms. The number of hydrogen-bond donors (Lipinski definition) is 2. The molecule has 0 radical (unpaired) electrons. The lowest BCUT2D eigenvalue weighted by Gasteiger charge is -2.23. The lowest BCUT2D eigenvalue weighted by Crippen LogP contribution is -2.31. The molecule has 8 nitrogen and oxygen atoms in total. The van der Waals surface area contributed by atoms with Crippen LogP contribution in [0.5, 0.6) is 0 Å². The summed E-state index contributed by atoms with van der Waals surface area (Å²) < 4.78 is 0. The first-order valence-corrected chi connectivity index (χ1v) is 7.51. The van der Waals surface area contributed by atoms with Gasteiger partial charge in [0.2, 0.25) is 5.91 Å². The van der Waals surface area contributed by atoms with Crippen molar-refractivity contribution in [3.63, 3.8) is 0 Å². The average Bonchev–Trinajstić information content (AvgIpc) is 3.23. The highest BCUT2D eigenvalue weighted by Gasteiger charge is 2.32. The third kappa shape index (κ3) is 3.36. The second-order valence-electron chi connectivity index (χ2n) is 5.47. The highest BCUT2D eigenvalue weighted by atomic mass is 16.2. The summed E-state index contributed by atoms with van der Waals surface area (Å²) in [7, 11) is 0. The second kappa shape index (κ2) is 6.55. The molecule has 1 saturated heterocycles. The predicted octanol–water partition coefficient (Wildman–Crippen LogP) is 0.813. The largest absolute Gasteiger partial charge is 0.351 e. The molecule has 1 aliphatic heterocycles. The SMILES string of the molecule is CC(=O)NCc1cncc([C@@H]2CCCN2C(=O)c2ccn[nH]2)n1. The topological polar surface area (TPSA) is 104 Å². The van der Waals surface area contributed by atoms with E-state index in [-0.39, 0.29) is 17.9 Å². The van der Waals surface area contributed by atoms with Crippen molar-refractivity contribution in [3.8, 4) is 0 Å². The summed E-state index contributed by atoms with van der Waals surface area (Å²) in [5, 5.41) is 9.23. The molecule has 0 unspecified atom stereocenters. The quantitative estimate of drug-likeness (QED) is 0.869. The number of nitrogens with zero attached hydrogens (tertiary/aromatic N) is 4. The Bertz CT molecular complexity index is 700. The van der Waals surface area contributed by atoms with Crippen molar-refractivity contribution in [2.45, 2.75) is 32.4 Å². The van der Waals surface area contributed by atoms with Crippen LogP contribution in [0.25, 0.3) is 0 Å². The first-order valence-electron chi connectivity index (χ1n) is 7.51. The lowest BCUT2D eigenvalue weighted by molar-refractivity contribution is -0.119. The Kier molecular flexibility index (Phi) is 4.31. The summed E-state index contributed by atoms with van der Waals surface area (Å²) in [6, 6.07) is 1.56.